The van der Waals surface area contributed by atoms with Crippen LogP contribution in [0.4, 0.5) is 4.39 Å². The number of amides is 1. The van der Waals surface area contributed by atoms with E-state index in [0.717, 1.165) is 12.0 Å². The fourth-order valence-electron chi connectivity index (χ4n) is 2.95. The van der Waals surface area contributed by atoms with Crippen molar-refractivity contribution in [1.82, 2.24) is 25.5 Å². The lowest BCUT2D eigenvalue weighted by Gasteiger charge is -2.15. The Morgan fingerprint density at radius 1 is 1.17 bits per heavy atom. The summed E-state index contributed by atoms with van der Waals surface area (Å²) >= 11 is 1.20. The molecule has 8 heteroatoms. The largest absolute Gasteiger partial charge is 0.349 e. The number of halogens is 1. The molecule has 29 heavy (non-hydrogen) atoms. The highest BCUT2D eigenvalue weighted by molar-refractivity contribution is 7.99. The van der Waals surface area contributed by atoms with Crippen LogP contribution in [-0.2, 0) is 11.2 Å². The molecule has 0 fully saturated rings. The van der Waals surface area contributed by atoms with Gasteiger partial charge >= 0.3 is 0 Å². The Labute approximate surface area is 173 Å². The van der Waals surface area contributed by atoms with Crippen LogP contribution in [0, 0.1) is 11.7 Å². The van der Waals surface area contributed by atoms with Crippen LogP contribution in [0.1, 0.15) is 37.9 Å². The summed E-state index contributed by atoms with van der Waals surface area (Å²) in [4.78, 5) is 12.4. The molecule has 1 unspecified atom stereocenters. The lowest BCUT2D eigenvalue weighted by Crippen LogP contribution is -2.28. The van der Waals surface area contributed by atoms with E-state index in [0.29, 0.717) is 16.8 Å². The minimum absolute atomic E-state index is 0.101. The van der Waals surface area contributed by atoms with Crippen molar-refractivity contribution in [2.75, 3.05) is 5.75 Å². The average Bonchev–Trinajstić information content (AvgIpc) is 3.15. The fraction of sp³-hybridized carbons (Fsp3) is 0.333. The first kappa shape index (κ1) is 21.0. The fourth-order valence-corrected chi connectivity index (χ4v) is 3.65. The lowest BCUT2D eigenvalue weighted by molar-refractivity contribution is -0.119. The van der Waals surface area contributed by atoms with Gasteiger partial charge < -0.3 is 5.32 Å². The third-order valence-electron chi connectivity index (χ3n) is 4.33. The van der Waals surface area contributed by atoms with Crippen LogP contribution in [0.3, 0.4) is 0 Å². The molecule has 1 amide bonds. The maximum absolute atomic E-state index is 13.4. The van der Waals surface area contributed by atoms with Crippen LogP contribution in [0.15, 0.2) is 53.7 Å². The number of tetrazole rings is 1. The molecule has 1 heterocycles. The minimum Gasteiger partial charge on any atom is -0.349 e. The Hall–Kier alpha value is -2.74. The highest BCUT2D eigenvalue weighted by Crippen LogP contribution is 2.20. The standard InChI is InChI=1S/C21H24FN5OS/c1-14(2)11-16-7-9-17(10-8-16)15(3)23-20(28)13-29-21-24-25-26-27(21)19-6-4-5-18(22)12-19/h4-10,12,14-15H,11,13H2,1-3H3,(H,23,28). The molecule has 0 saturated heterocycles. The molecule has 0 spiro atoms. The number of benzene rings is 2. The smallest absolute Gasteiger partial charge is 0.230 e. The topological polar surface area (TPSA) is 72.7 Å². The number of carbonyl (C=O) groups excluding carboxylic acids is 1. The Morgan fingerprint density at radius 3 is 2.62 bits per heavy atom. The second kappa shape index (κ2) is 9.65. The Balaban J connectivity index is 1.56. The number of hydrogen-bond acceptors (Lipinski definition) is 5. The monoisotopic (exact) mass is 413 g/mol. The summed E-state index contributed by atoms with van der Waals surface area (Å²) < 4.78 is 14.9. The second-order valence-corrected chi connectivity index (χ2v) is 8.21. The number of thioether (sulfide) groups is 1. The molecular formula is C21H24FN5OS. The number of aromatic nitrogens is 4. The van der Waals surface area contributed by atoms with Crippen LogP contribution >= 0.6 is 11.8 Å². The van der Waals surface area contributed by atoms with Gasteiger partial charge in [-0.15, -0.1) is 5.10 Å². The Kier molecular flexibility index (Phi) is 6.98. The van der Waals surface area contributed by atoms with E-state index in [-0.39, 0.29) is 23.5 Å². The average molecular weight is 414 g/mol. The van der Waals surface area contributed by atoms with Crippen molar-refractivity contribution in [2.45, 2.75) is 38.4 Å². The number of nitrogens with one attached hydrogen (secondary N) is 1. The van der Waals surface area contributed by atoms with E-state index in [1.807, 2.05) is 6.92 Å². The SMILES string of the molecule is CC(C)Cc1ccc(C(C)NC(=O)CSc2nnnn2-c2cccc(F)c2)cc1. The molecule has 0 aliphatic heterocycles. The zero-order valence-corrected chi connectivity index (χ0v) is 17.5. The quantitative estimate of drug-likeness (QED) is 0.566. The van der Waals surface area contributed by atoms with Crippen molar-refractivity contribution in [3.8, 4) is 5.69 Å². The second-order valence-electron chi connectivity index (χ2n) is 7.27. The molecule has 1 aromatic heterocycles. The van der Waals surface area contributed by atoms with Gasteiger partial charge in [0, 0.05) is 0 Å². The van der Waals surface area contributed by atoms with Crippen molar-refractivity contribution in [3.05, 3.63) is 65.5 Å². The van der Waals surface area contributed by atoms with Gasteiger partial charge in [-0.2, -0.15) is 4.68 Å². The van der Waals surface area contributed by atoms with Crippen LogP contribution in [0.25, 0.3) is 5.69 Å². The van der Waals surface area contributed by atoms with E-state index in [1.165, 1.54) is 34.1 Å². The summed E-state index contributed by atoms with van der Waals surface area (Å²) in [6.07, 6.45) is 1.04. The normalized spacial score (nSPS) is 12.2. The van der Waals surface area contributed by atoms with Crippen molar-refractivity contribution in [1.29, 1.82) is 0 Å². The molecule has 0 aliphatic carbocycles. The van der Waals surface area contributed by atoms with E-state index in [4.69, 9.17) is 0 Å². The van der Waals surface area contributed by atoms with Crippen molar-refractivity contribution >= 4 is 17.7 Å². The van der Waals surface area contributed by atoms with Crippen LogP contribution in [0.2, 0.25) is 0 Å². The molecule has 3 rings (SSSR count). The first-order valence-corrected chi connectivity index (χ1v) is 10.5. The lowest BCUT2D eigenvalue weighted by atomic mass is 10.00. The predicted octanol–water partition coefficient (Wildman–Crippen LogP) is 3.97. The maximum Gasteiger partial charge on any atom is 0.230 e. The van der Waals surface area contributed by atoms with E-state index in [2.05, 4.69) is 59.0 Å². The van der Waals surface area contributed by atoms with Gasteiger partial charge in [0.25, 0.3) is 0 Å². The summed E-state index contributed by atoms with van der Waals surface area (Å²) in [5.41, 5.74) is 2.86. The van der Waals surface area contributed by atoms with E-state index in [9.17, 15) is 9.18 Å². The third-order valence-corrected chi connectivity index (χ3v) is 5.25. The van der Waals surface area contributed by atoms with Crippen LogP contribution in [-0.4, -0.2) is 31.9 Å². The molecule has 1 N–H and O–H groups in total. The van der Waals surface area contributed by atoms with Crippen LogP contribution < -0.4 is 5.32 Å². The number of nitrogens with zero attached hydrogens (tertiary/aromatic N) is 4. The van der Waals surface area contributed by atoms with Gasteiger partial charge in [-0.1, -0.05) is 55.9 Å². The molecular weight excluding hydrogens is 389 g/mol. The summed E-state index contributed by atoms with van der Waals surface area (Å²) in [7, 11) is 0. The maximum atomic E-state index is 13.4. The van der Waals surface area contributed by atoms with Crippen molar-refractivity contribution in [2.24, 2.45) is 5.92 Å². The zero-order valence-electron chi connectivity index (χ0n) is 16.7. The molecule has 152 valence electrons. The van der Waals surface area contributed by atoms with Gasteiger partial charge in [0.05, 0.1) is 17.5 Å². The van der Waals surface area contributed by atoms with Crippen molar-refractivity contribution in [3.63, 3.8) is 0 Å². The van der Waals surface area contributed by atoms with E-state index < -0.39 is 0 Å². The molecule has 2 aromatic carbocycles. The third kappa shape index (κ3) is 5.87. The predicted molar refractivity (Wildman–Crippen MR) is 111 cm³/mol. The summed E-state index contributed by atoms with van der Waals surface area (Å²) in [5, 5.41) is 14.9. The minimum atomic E-state index is -0.375. The van der Waals surface area contributed by atoms with Gasteiger partial charge in [0.15, 0.2) is 0 Å². The first-order chi connectivity index (χ1) is 13.9. The highest BCUT2D eigenvalue weighted by Gasteiger charge is 2.14. The molecule has 0 bridgehead atoms. The molecule has 0 saturated carbocycles. The molecule has 0 radical (unpaired) electrons. The molecule has 1 atom stereocenters. The molecule has 6 nitrogen and oxygen atoms in total. The summed E-state index contributed by atoms with van der Waals surface area (Å²) in [6, 6.07) is 14.2. The van der Waals surface area contributed by atoms with Gasteiger partial charge in [-0.05, 0) is 59.0 Å². The number of hydrogen-bond donors (Lipinski definition) is 1. The van der Waals surface area contributed by atoms with E-state index in [1.54, 1.807) is 12.1 Å². The molecule has 3 aromatic rings. The van der Waals surface area contributed by atoms with Crippen molar-refractivity contribution < 1.29 is 9.18 Å². The van der Waals surface area contributed by atoms with Gasteiger partial charge in [0.1, 0.15) is 5.82 Å². The first-order valence-electron chi connectivity index (χ1n) is 9.47. The zero-order chi connectivity index (χ0) is 20.8. The van der Waals surface area contributed by atoms with Gasteiger partial charge in [-0.25, -0.2) is 4.39 Å². The number of rotatable bonds is 8. The van der Waals surface area contributed by atoms with E-state index >= 15 is 0 Å². The molecule has 0 aliphatic rings. The van der Waals surface area contributed by atoms with Crippen LogP contribution in [0.5, 0.6) is 0 Å². The summed E-state index contributed by atoms with van der Waals surface area (Å²) in [6.45, 7) is 6.34. The highest BCUT2D eigenvalue weighted by atomic mass is 32.2. The Morgan fingerprint density at radius 2 is 1.93 bits per heavy atom. The summed E-state index contributed by atoms with van der Waals surface area (Å²) in [5.74, 6) is 0.271. The van der Waals surface area contributed by atoms with Gasteiger partial charge in [0.2, 0.25) is 11.1 Å². The van der Waals surface area contributed by atoms with Gasteiger partial charge in [-0.3, -0.25) is 4.79 Å². The number of carbonyl (C=O) groups is 1. The Bertz CT molecular complexity index is 958.